The van der Waals surface area contributed by atoms with Crippen LogP contribution >= 0.6 is 0 Å². The number of rotatable bonds is 4. The van der Waals surface area contributed by atoms with Crippen LogP contribution in [0.4, 0.5) is 0 Å². The molecule has 2 atom stereocenters. The number of fused-ring (bicyclic) bond motifs is 1. The highest BCUT2D eigenvalue weighted by Gasteiger charge is 2.39. The van der Waals surface area contributed by atoms with E-state index < -0.39 is 11.9 Å². The fraction of sp³-hybridized carbons (Fsp3) is 0.261. The Balaban J connectivity index is 1.49. The highest BCUT2D eigenvalue weighted by Crippen LogP contribution is 2.28. The molecule has 4 amide bonds. The number of amides is 4. The van der Waals surface area contributed by atoms with Crippen LogP contribution in [0.3, 0.4) is 0 Å². The van der Waals surface area contributed by atoms with Gasteiger partial charge in [0.1, 0.15) is 6.04 Å². The van der Waals surface area contributed by atoms with E-state index in [1.807, 2.05) is 13.0 Å². The summed E-state index contributed by atoms with van der Waals surface area (Å²) >= 11 is 0. The van der Waals surface area contributed by atoms with E-state index in [1.54, 1.807) is 36.4 Å². The zero-order chi connectivity index (χ0) is 22.1. The molecule has 2 aliphatic rings. The van der Waals surface area contributed by atoms with E-state index in [-0.39, 0.29) is 43.1 Å². The van der Waals surface area contributed by atoms with Crippen LogP contribution < -0.4 is 10.6 Å². The molecule has 4 rings (SSSR count). The molecule has 0 bridgehead atoms. The Morgan fingerprint density at radius 2 is 2.03 bits per heavy atom. The Kier molecular flexibility index (Phi) is 5.26. The molecule has 2 aromatic carbocycles. The van der Waals surface area contributed by atoms with Crippen molar-refractivity contribution >= 4 is 23.6 Å². The van der Waals surface area contributed by atoms with Gasteiger partial charge in [0.05, 0.1) is 17.7 Å². The predicted octanol–water partition coefficient (Wildman–Crippen LogP) is 1.81. The third kappa shape index (κ3) is 3.90. The van der Waals surface area contributed by atoms with Crippen molar-refractivity contribution in [2.75, 3.05) is 0 Å². The first-order valence-electron chi connectivity index (χ1n) is 9.96. The van der Waals surface area contributed by atoms with Crippen LogP contribution in [0, 0.1) is 11.3 Å². The quantitative estimate of drug-likeness (QED) is 0.737. The fourth-order valence-electron chi connectivity index (χ4n) is 3.96. The minimum Gasteiger partial charge on any atom is -0.346 e. The number of hydrogen-bond donors (Lipinski definition) is 2. The second kappa shape index (κ2) is 8.03. The van der Waals surface area contributed by atoms with Gasteiger partial charge in [0, 0.05) is 24.1 Å². The molecule has 1 unspecified atom stereocenters. The van der Waals surface area contributed by atoms with Crippen molar-refractivity contribution in [1.29, 1.82) is 5.26 Å². The molecule has 8 heteroatoms. The van der Waals surface area contributed by atoms with Crippen LogP contribution in [0.5, 0.6) is 0 Å². The highest BCUT2D eigenvalue weighted by atomic mass is 16.2. The van der Waals surface area contributed by atoms with Gasteiger partial charge >= 0.3 is 0 Å². The van der Waals surface area contributed by atoms with E-state index in [0.717, 1.165) is 5.56 Å². The molecule has 156 valence electrons. The second-order valence-electron chi connectivity index (χ2n) is 7.70. The molecule has 0 aromatic heterocycles. The number of carbonyl (C=O) groups excluding carboxylic acids is 4. The van der Waals surface area contributed by atoms with Crippen molar-refractivity contribution in [1.82, 2.24) is 15.5 Å². The first-order valence-corrected chi connectivity index (χ1v) is 9.96. The lowest BCUT2D eigenvalue weighted by Crippen LogP contribution is -2.52. The molecule has 0 aliphatic carbocycles. The summed E-state index contributed by atoms with van der Waals surface area (Å²) in [5.41, 5.74) is 2.86. The predicted molar refractivity (Wildman–Crippen MR) is 110 cm³/mol. The Morgan fingerprint density at radius 3 is 2.77 bits per heavy atom. The van der Waals surface area contributed by atoms with Crippen LogP contribution in [0.1, 0.15) is 63.2 Å². The van der Waals surface area contributed by atoms with Gasteiger partial charge in [-0.2, -0.15) is 5.26 Å². The minimum atomic E-state index is -0.692. The lowest BCUT2D eigenvalue weighted by molar-refractivity contribution is -0.136. The summed E-state index contributed by atoms with van der Waals surface area (Å²) in [4.78, 5) is 50.5. The maximum atomic E-state index is 12.8. The van der Waals surface area contributed by atoms with E-state index in [4.69, 9.17) is 5.26 Å². The number of carbonyl (C=O) groups is 4. The fourth-order valence-corrected chi connectivity index (χ4v) is 3.96. The van der Waals surface area contributed by atoms with Crippen molar-refractivity contribution in [2.24, 2.45) is 0 Å². The van der Waals surface area contributed by atoms with Gasteiger partial charge in [0.25, 0.3) is 11.8 Å². The van der Waals surface area contributed by atoms with E-state index in [2.05, 4.69) is 16.7 Å². The summed E-state index contributed by atoms with van der Waals surface area (Å²) in [7, 11) is 0. The molecule has 2 N–H and O–H groups in total. The Bertz CT molecular complexity index is 1150. The Morgan fingerprint density at radius 1 is 1.23 bits per heavy atom. The Hall–Kier alpha value is -3.99. The average Bonchev–Trinajstić information content (AvgIpc) is 3.09. The number of nitrogens with one attached hydrogen (secondary N) is 2. The summed E-state index contributed by atoms with van der Waals surface area (Å²) in [6, 6.07) is 12.9. The van der Waals surface area contributed by atoms with E-state index in [0.29, 0.717) is 22.3 Å². The van der Waals surface area contributed by atoms with Crippen LogP contribution in [-0.4, -0.2) is 34.6 Å². The van der Waals surface area contributed by atoms with Crippen LogP contribution in [0.15, 0.2) is 42.5 Å². The molecule has 2 aromatic rings. The molecule has 1 fully saturated rings. The summed E-state index contributed by atoms with van der Waals surface area (Å²) in [5.74, 6) is -1.38. The van der Waals surface area contributed by atoms with Gasteiger partial charge < -0.3 is 10.2 Å². The van der Waals surface area contributed by atoms with Crippen molar-refractivity contribution < 1.29 is 19.2 Å². The van der Waals surface area contributed by atoms with Crippen molar-refractivity contribution in [2.45, 2.75) is 38.4 Å². The maximum Gasteiger partial charge on any atom is 0.255 e. The van der Waals surface area contributed by atoms with E-state index in [9.17, 15) is 19.2 Å². The van der Waals surface area contributed by atoms with Gasteiger partial charge in [-0.1, -0.05) is 12.1 Å². The minimum absolute atomic E-state index is 0.190. The molecule has 0 radical (unpaired) electrons. The SMILES string of the molecule is C[C@H](NC(=O)c1ccc2c(c1)CN(C1CCC(=O)NC1=O)C2=O)c1cccc(C#N)c1. The molecule has 31 heavy (non-hydrogen) atoms. The molecule has 2 aliphatic heterocycles. The largest absolute Gasteiger partial charge is 0.346 e. The van der Waals surface area contributed by atoms with E-state index in [1.165, 1.54) is 4.90 Å². The number of imide groups is 1. The van der Waals surface area contributed by atoms with Crippen LogP contribution in [0.2, 0.25) is 0 Å². The summed E-state index contributed by atoms with van der Waals surface area (Å²) in [6.45, 7) is 2.04. The number of piperidine rings is 1. The number of nitrogens with zero attached hydrogens (tertiary/aromatic N) is 2. The first-order chi connectivity index (χ1) is 14.9. The molecular formula is C23H20N4O4. The molecule has 1 saturated heterocycles. The normalized spacial score (nSPS) is 18.8. The average molecular weight is 416 g/mol. The number of benzene rings is 2. The van der Waals surface area contributed by atoms with Gasteiger partial charge in [-0.3, -0.25) is 24.5 Å². The first kappa shape index (κ1) is 20.3. The number of hydrogen-bond acceptors (Lipinski definition) is 5. The lowest BCUT2D eigenvalue weighted by atomic mass is 10.0. The number of nitriles is 1. The third-order valence-corrected chi connectivity index (χ3v) is 5.65. The van der Waals surface area contributed by atoms with Crippen molar-refractivity contribution in [3.63, 3.8) is 0 Å². The molecule has 0 saturated carbocycles. The van der Waals surface area contributed by atoms with Gasteiger partial charge in [-0.05, 0) is 54.8 Å². The molecular weight excluding hydrogens is 396 g/mol. The molecule has 0 spiro atoms. The monoisotopic (exact) mass is 416 g/mol. The Labute approximate surface area is 178 Å². The zero-order valence-electron chi connectivity index (χ0n) is 16.8. The standard InChI is InChI=1S/C23H20N4O4/c1-13(15-4-2-3-14(9-15)11-24)25-21(29)16-5-6-18-17(10-16)12-27(23(18)31)19-7-8-20(28)26-22(19)30/h2-6,9-10,13,19H,7-8,12H2,1H3,(H,25,29)(H,26,28,30)/t13-,19?/m0/s1. The van der Waals surface area contributed by atoms with Crippen molar-refractivity contribution in [3.8, 4) is 6.07 Å². The lowest BCUT2D eigenvalue weighted by Gasteiger charge is -2.29. The smallest absolute Gasteiger partial charge is 0.255 e. The van der Waals surface area contributed by atoms with Gasteiger partial charge in [-0.15, -0.1) is 0 Å². The summed E-state index contributed by atoms with van der Waals surface area (Å²) in [5, 5.41) is 14.2. The van der Waals surface area contributed by atoms with Crippen molar-refractivity contribution in [3.05, 3.63) is 70.3 Å². The van der Waals surface area contributed by atoms with Gasteiger partial charge in [0.15, 0.2) is 0 Å². The van der Waals surface area contributed by atoms with Crippen LogP contribution in [0.25, 0.3) is 0 Å². The molecule has 8 nitrogen and oxygen atoms in total. The van der Waals surface area contributed by atoms with E-state index >= 15 is 0 Å². The maximum absolute atomic E-state index is 12.8. The molecule has 2 heterocycles. The van der Waals surface area contributed by atoms with Crippen LogP contribution in [-0.2, 0) is 16.1 Å². The van der Waals surface area contributed by atoms with Gasteiger partial charge in [-0.25, -0.2) is 0 Å². The zero-order valence-corrected chi connectivity index (χ0v) is 16.8. The van der Waals surface area contributed by atoms with Gasteiger partial charge in [0.2, 0.25) is 11.8 Å². The summed E-state index contributed by atoms with van der Waals surface area (Å²) in [6.07, 6.45) is 0.478. The topological polar surface area (TPSA) is 119 Å². The summed E-state index contributed by atoms with van der Waals surface area (Å²) < 4.78 is 0. The second-order valence-corrected chi connectivity index (χ2v) is 7.70. The third-order valence-electron chi connectivity index (χ3n) is 5.65. The highest BCUT2D eigenvalue weighted by molar-refractivity contribution is 6.06.